The second kappa shape index (κ2) is 3.00. The molecule has 1 aromatic carbocycles. The van der Waals surface area contributed by atoms with Gasteiger partial charge in [0.15, 0.2) is 0 Å². The van der Waals surface area contributed by atoms with Gasteiger partial charge in [0.05, 0.1) is 0 Å². The van der Waals surface area contributed by atoms with Crippen LogP contribution in [0.2, 0.25) is 0 Å². The maximum Gasteiger partial charge on any atom is 0.125 e. The highest BCUT2D eigenvalue weighted by Gasteiger charge is 2.19. The molecule has 1 aliphatic rings. The molecule has 0 aliphatic heterocycles. The molecule has 0 unspecified atom stereocenters. The lowest BCUT2D eigenvalue weighted by Crippen LogP contribution is -2.19. The van der Waals surface area contributed by atoms with Crippen molar-refractivity contribution in [3.8, 4) is 0 Å². The Balaban J connectivity index is 2.56. The van der Waals surface area contributed by atoms with E-state index in [0.29, 0.717) is 5.69 Å². The van der Waals surface area contributed by atoms with Gasteiger partial charge in [-0.3, -0.25) is 0 Å². The molecule has 0 amide bonds. The second-order valence-corrected chi connectivity index (χ2v) is 3.57. The van der Waals surface area contributed by atoms with Crippen LogP contribution >= 0.6 is 0 Å². The average Bonchev–Trinajstić information content (AvgIpc) is 2.02. The van der Waals surface area contributed by atoms with Gasteiger partial charge in [0.25, 0.3) is 0 Å². The third-order valence-electron chi connectivity index (χ3n) is 2.59. The molecule has 3 heteroatoms. The lowest BCUT2D eigenvalue weighted by Gasteiger charge is -2.23. The molecule has 2 rings (SSSR count). The third kappa shape index (κ3) is 1.40. The number of benzene rings is 1. The average molecular weight is 180 g/mol. The van der Waals surface area contributed by atoms with E-state index >= 15 is 0 Å². The fourth-order valence-corrected chi connectivity index (χ4v) is 2.01. The molecule has 0 saturated carbocycles. The van der Waals surface area contributed by atoms with Crippen molar-refractivity contribution in [2.24, 2.45) is 5.73 Å². The molecule has 2 nitrogen and oxygen atoms in total. The quantitative estimate of drug-likeness (QED) is 0.597. The predicted molar refractivity (Wildman–Crippen MR) is 50.7 cm³/mol. The van der Waals surface area contributed by atoms with Crippen molar-refractivity contribution in [2.45, 2.75) is 25.3 Å². The van der Waals surface area contributed by atoms with Crippen molar-refractivity contribution in [2.75, 3.05) is 5.73 Å². The third-order valence-corrected chi connectivity index (χ3v) is 2.59. The molecule has 4 N–H and O–H groups in total. The number of rotatable bonds is 0. The zero-order valence-electron chi connectivity index (χ0n) is 7.39. The summed E-state index contributed by atoms with van der Waals surface area (Å²) in [5, 5.41) is 0. The monoisotopic (exact) mass is 180 g/mol. The minimum Gasteiger partial charge on any atom is -0.398 e. The van der Waals surface area contributed by atoms with E-state index in [1.807, 2.05) is 0 Å². The van der Waals surface area contributed by atoms with Gasteiger partial charge in [-0.1, -0.05) is 0 Å². The van der Waals surface area contributed by atoms with E-state index in [9.17, 15) is 4.39 Å². The number of halogens is 1. The summed E-state index contributed by atoms with van der Waals surface area (Å²) < 4.78 is 13.0. The first kappa shape index (κ1) is 8.51. The number of hydrogen-bond acceptors (Lipinski definition) is 2. The van der Waals surface area contributed by atoms with Crippen LogP contribution in [0.4, 0.5) is 10.1 Å². The van der Waals surface area contributed by atoms with E-state index < -0.39 is 0 Å². The van der Waals surface area contributed by atoms with E-state index in [2.05, 4.69) is 0 Å². The molecule has 0 spiro atoms. The molecule has 1 aliphatic carbocycles. The number of nitrogens with two attached hydrogens (primary N) is 2. The fraction of sp³-hybridized carbons (Fsp3) is 0.400. The first-order chi connectivity index (χ1) is 6.18. The van der Waals surface area contributed by atoms with Gasteiger partial charge in [-0.2, -0.15) is 0 Å². The van der Waals surface area contributed by atoms with Crippen molar-refractivity contribution in [3.63, 3.8) is 0 Å². The zero-order chi connectivity index (χ0) is 9.42. The first-order valence-corrected chi connectivity index (χ1v) is 4.52. The molecule has 0 radical (unpaired) electrons. The van der Waals surface area contributed by atoms with E-state index in [0.717, 1.165) is 30.4 Å². The van der Waals surface area contributed by atoms with Crippen LogP contribution in [0.3, 0.4) is 0 Å². The van der Waals surface area contributed by atoms with Crippen LogP contribution in [0, 0.1) is 5.82 Å². The Hall–Kier alpha value is -1.09. The smallest absolute Gasteiger partial charge is 0.125 e. The summed E-state index contributed by atoms with van der Waals surface area (Å²) in [5.74, 6) is -0.259. The lowest BCUT2D eigenvalue weighted by molar-refractivity contribution is 0.562. The van der Waals surface area contributed by atoms with Crippen LogP contribution < -0.4 is 11.5 Å². The Labute approximate surface area is 76.7 Å². The molecule has 0 bridgehead atoms. The topological polar surface area (TPSA) is 52.0 Å². The molecule has 13 heavy (non-hydrogen) atoms. The Morgan fingerprint density at radius 2 is 2.15 bits per heavy atom. The van der Waals surface area contributed by atoms with Gasteiger partial charge in [0, 0.05) is 11.7 Å². The normalized spacial score (nSPS) is 21.2. The van der Waals surface area contributed by atoms with Crippen LogP contribution in [0.5, 0.6) is 0 Å². The molecule has 0 heterocycles. The summed E-state index contributed by atoms with van der Waals surface area (Å²) in [4.78, 5) is 0. The van der Waals surface area contributed by atoms with E-state index in [-0.39, 0.29) is 11.9 Å². The fourth-order valence-electron chi connectivity index (χ4n) is 2.01. The predicted octanol–water partition coefficient (Wildman–Crippen LogP) is 1.74. The van der Waals surface area contributed by atoms with Crippen LogP contribution in [-0.2, 0) is 6.42 Å². The van der Waals surface area contributed by atoms with Crippen molar-refractivity contribution in [3.05, 3.63) is 29.1 Å². The summed E-state index contributed by atoms with van der Waals surface area (Å²) >= 11 is 0. The van der Waals surface area contributed by atoms with Crippen LogP contribution in [-0.4, -0.2) is 0 Å². The summed E-state index contributed by atoms with van der Waals surface area (Å²) in [6.07, 6.45) is 2.87. The highest BCUT2D eigenvalue weighted by atomic mass is 19.1. The van der Waals surface area contributed by atoms with Gasteiger partial charge in [0.2, 0.25) is 0 Å². The van der Waals surface area contributed by atoms with E-state index in [1.165, 1.54) is 6.07 Å². The van der Waals surface area contributed by atoms with Gasteiger partial charge < -0.3 is 11.5 Å². The lowest BCUT2D eigenvalue weighted by atomic mass is 9.87. The molecule has 1 atom stereocenters. The van der Waals surface area contributed by atoms with Gasteiger partial charge in [-0.25, -0.2) is 4.39 Å². The Kier molecular flexibility index (Phi) is 1.96. The highest BCUT2D eigenvalue weighted by Crippen LogP contribution is 2.32. The number of hydrogen-bond donors (Lipinski definition) is 2. The van der Waals surface area contributed by atoms with Gasteiger partial charge in [-0.05, 0) is 42.5 Å². The molecule has 0 fully saturated rings. The van der Waals surface area contributed by atoms with Crippen molar-refractivity contribution >= 4 is 5.69 Å². The summed E-state index contributed by atoms with van der Waals surface area (Å²) in [5.41, 5.74) is 14.0. The largest absolute Gasteiger partial charge is 0.398 e. The maximum atomic E-state index is 13.0. The molecule has 1 aromatic rings. The van der Waals surface area contributed by atoms with Crippen LogP contribution in [0.25, 0.3) is 0 Å². The van der Waals surface area contributed by atoms with E-state index in [1.54, 1.807) is 6.07 Å². The molecule has 0 aromatic heterocycles. The Morgan fingerprint density at radius 3 is 2.92 bits per heavy atom. The van der Waals surface area contributed by atoms with Crippen LogP contribution in [0.15, 0.2) is 12.1 Å². The maximum absolute atomic E-state index is 13.0. The molecular weight excluding hydrogens is 167 g/mol. The molecular formula is C10H13FN2. The van der Waals surface area contributed by atoms with E-state index in [4.69, 9.17) is 11.5 Å². The molecule has 70 valence electrons. The summed E-state index contributed by atoms with van der Waals surface area (Å²) in [6.45, 7) is 0. The number of nitrogen functional groups attached to an aromatic ring is 1. The highest BCUT2D eigenvalue weighted by molar-refractivity contribution is 5.53. The zero-order valence-corrected chi connectivity index (χ0v) is 7.39. The Morgan fingerprint density at radius 1 is 1.38 bits per heavy atom. The summed E-state index contributed by atoms with van der Waals surface area (Å²) in [7, 11) is 0. The second-order valence-electron chi connectivity index (χ2n) is 3.57. The summed E-state index contributed by atoms with van der Waals surface area (Å²) in [6, 6.07) is 2.89. The van der Waals surface area contributed by atoms with Gasteiger partial charge in [-0.15, -0.1) is 0 Å². The van der Waals surface area contributed by atoms with Crippen LogP contribution in [0.1, 0.15) is 30.0 Å². The number of fused-ring (bicyclic) bond motifs is 1. The van der Waals surface area contributed by atoms with Gasteiger partial charge in [0.1, 0.15) is 5.82 Å². The minimum atomic E-state index is -0.259. The Bertz CT molecular complexity index is 336. The van der Waals surface area contributed by atoms with Crippen molar-refractivity contribution in [1.29, 1.82) is 0 Å². The minimum absolute atomic E-state index is 0.00986. The number of anilines is 1. The molecule has 0 saturated heterocycles. The first-order valence-electron chi connectivity index (χ1n) is 4.52. The van der Waals surface area contributed by atoms with Crippen molar-refractivity contribution < 1.29 is 4.39 Å². The SMILES string of the molecule is Nc1cc(F)cc2c1[C@@H](N)CCC2. The van der Waals surface area contributed by atoms with Gasteiger partial charge >= 0.3 is 0 Å². The van der Waals surface area contributed by atoms with Crippen molar-refractivity contribution in [1.82, 2.24) is 0 Å². The standard InChI is InChI=1S/C10H13FN2/c11-7-4-6-2-1-3-8(12)10(6)9(13)5-7/h4-5,8H,1-3,12-13H2/t8-/m0/s1. The number of aryl methyl sites for hydroxylation is 1.